The lowest BCUT2D eigenvalue weighted by atomic mass is 9.91. The number of rotatable bonds is 7. The first-order valence-electron chi connectivity index (χ1n) is 8.87. The number of hydrogen-bond acceptors (Lipinski definition) is 3. The van der Waals surface area contributed by atoms with Crippen LogP contribution in [0.5, 0.6) is 0 Å². The number of likely N-dealkylation sites (tertiary alicyclic amines) is 1. The summed E-state index contributed by atoms with van der Waals surface area (Å²) in [7, 11) is 0. The highest BCUT2D eigenvalue weighted by Crippen LogP contribution is 2.20. The van der Waals surface area contributed by atoms with Crippen molar-refractivity contribution in [1.29, 1.82) is 0 Å². The zero-order chi connectivity index (χ0) is 14.2. The van der Waals surface area contributed by atoms with Crippen LogP contribution in [0, 0.1) is 5.92 Å². The lowest BCUT2D eigenvalue weighted by molar-refractivity contribution is 0.0107. The summed E-state index contributed by atoms with van der Waals surface area (Å²) < 4.78 is 5.81. The molecule has 0 aromatic heterocycles. The second kappa shape index (κ2) is 9.01. The van der Waals surface area contributed by atoms with Gasteiger partial charge in [-0.25, -0.2) is 0 Å². The minimum absolute atomic E-state index is 0.520. The first-order chi connectivity index (χ1) is 9.79. The molecule has 0 bridgehead atoms. The predicted octanol–water partition coefficient (Wildman–Crippen LogP) is 3.05. The van der Waals surface area contributed by atoms with Gasteiger partial charge in [0.2, 0.25) is 0 Å². The zero-order valence-electron chi connectivity index (χ0n) is 13.6. The van der Waals surface area contributed by atoms with E-state index in [0.29, 0.717) is 12.1 Å². The van der Waals surface area contributed by atoms with Crippen LogP contribution in [0.1, 0.15) is 58.8 Å². The summed E-state index contributed by atoms with van der Waals surface area (Å²) in [5, 5.41) is 3.76. The van der Waals surface area contributed by atoms with Gasteiger partial charge < -0.3 is 15.0 Å². The predicted molar refractivity (Wildman–Crippen MR) is 85.1 cm³/mol. The summed E-state index contributed by atoms with van der Waals surface area (Å²) in [4.78, 5) is 2.65. The molecule has 118 valence electrons. The van der Waals surface area contributed by atoms with Crippen LogP contribution in [0.25, 0.3) is 0 Å². The van der Waals surface area contributed by atoms with Gasteiger partial charge in [0.05, 0.1) is 6.10 Å². The number of hydrogen-bond donors (Lipinski definition) is 1. The maximum Gasteiger partial charge on any atom is 0.0587 e. The Morgan fingerprint density at radius 3 is 2.90 bits per heavy atom. The number of piperidine rings is 1. The van der Waals surface area contributed by atoms with Crippen LogP contribution < -0.4 is 5.32 Å². The highest BCUT2D eigenvalue weighted by molar-refractivity contribution is 4.80. The second-order valence-corrected chi connectivity index (χ2v) is 6.72. The monoisotopic (exact) mass is 282 g/mol. The maximum absolute atomic E-state index is 5.81. The quantitative estimate of drug-likeness (QED) is 0.777. The van der Waals surface area contributed by atoms with E-state index in [0.717, 1.165) is 19.1 Å². The van der Waals surface area contributed by atoms with E-state index in [4.69, 9.17) is 4.74 Å². The van der Waals surface area contributed by atoms with Crippen molar-refractivity contribution in [2.75, 3.05) is 32.8 Å². The van der Waals surface area contributed by atoms with E-state index in [1.54, 1.807) is 0 Å². The molecule has 0 aliphatic carbocycles. The molecular weight excluding hydrogens is 248 g/mol. The summed E-state index contributed by atoms with van der Waals surface area (Å²) in [5.74, 6) is 0.836. The summed E-state index contributed by atoms with van der Waals surface area (Å²) in [6.45, 7) is 10.6. The topological polar surface area (TPSA) is 24.5 Å². The smallest absolute Gasteiger partial charge is 0.0587 e. The first kappa shape index (κ1) is 16.3. The number of nitrogens with one attached hydrogen (secondary N) is 1. The van der Waals surface area contributed by atoms with Gasteiger partial charge in [0.1, 0.15) is 0 Å². The zero-order valence-corrected chi connectivity index (χ0v) is 13.6. The van der Waals surface area contributed by atoms with Gasteiger partial charge in [0.25, 0.3) is 0 Å². The van der Waals surface area contributed by atoms with Crippen LogP contribution in [0.15, 0.2) is 0 Å². The molecule has 0 radical (unpaired) electrons. The molecule has 2 heterocycles. The minimum Gasteiger partial charge on any atom is -0.378 e. The molecule has 3 unspecified atom stereocenters. The van der Waals surface area contributed by atoms with E-state index < -0.39 is 0 Å². The van der Waals surface area contributed by atoms with E-state index in [9.17, 15) is 0 Å². The van der Waals surface area contributed by atoms with Crippen molar-refractivity contribution >= 4 is 0 Å². The van der Waals surface area contributed by atoms with Gasteiger partial charge in [-0.2, -0.15) is 0 Å². The molecule has 3 heteroatoms. The van der Waals surface area contributed by atoms with Gasteiger partial charge in [0, 0.05) is 19.2 Å². The van der Waals surface area contributed by atoms with Crippen molar-refractivity contribution in [2.45, 2.75) is 70.9 Å². The fourth-order valence-corrected chi connectivity index (χ4v) is 3.69. The second-order valence-electron chi connectivity index (χ2n) is 6.72. The molecule has 3 nitrogen and oxygen atoms in total. The Morgan fingerprint density at radius 1 is 1.25 bits per heavy atom. The van der Waals surface area contributed by atoms with Crippen molar-refractivity contribution < 1.29 is 4.74 Å². The first-order valence-corrected chi connectivity index (χ1v) is 8.87. The largest absolute Gasteiger partial charge is 0.378 e. The van der Waals surface area contributed by atoms with Crippen LogP contribution in [0.3, 0.4) is 0 Å². The van der Waals surface area contributed by atoms with Crippen molar-refractivity contribution in [3.63, 3.8) is 0 Å². The van der Waals surface area contributed by atoms with Crippen molar-refractivity contribution in [1.82, 2.24) is 10.2 Å². The van der Waals surface area contributed by atoms with E-state index >= 15 is 0 Å². The Hall–Kier alpha value is -0.120. The Balaban J connectivity index is 1.62. The number of ether oxygens (including phenoxy) is 1. The molecule has 2 saturated heterocycles. The van der Waals surface area contributed by atoms with Crippen LogP contribution in [0.4, 0.5) is 0 Å². The molecule has 0 aromatic rings. The van der Waals surface area contributed by atoms with Gasteiger partial charge >= 0.3 is 0 Å². The summed E-state index contributed by atoms with van der Waals surface area (Å²) in [6.07, 6.45) is 9.65. The Bertz CT molecular complexity index is 251. The van der Waals surface area contributed by atoms with Crippen LogP contribution in [-0.2, 0) is 4.74 Å². The third-order valence-corrected chi connectivity index (χ3v) is 5.00. The van der Waals surface area contributed by atoms with Gasteiger partial charge in [-0.3, -0.25) is 0 Å². The average Bonchev–Trinajstić information content (AvgIpc) is 2.49. The molecule has 2 fully saturated rings. The average molecular weight is 282 g/mol. The van der Waals surface area contributed by atoms with Crippen molar-refractivity contribution in [3.8, 4) is 0 Å². The minimum atomic E-state index is 0.520. The van der Waals surface area contributed by atoms with E-state index in [2.05, 4.69) is 24.1 Å². The fourth-order valence-electron chi connectivity index (χ4n) is 3.69. The summed E-state index contributed by atoms with van der Waals surface area (Å²) in [6, 6.07) is 0.651. The molecule has 20 heavy (non-hydrogen) atoms. The molecule has 2 aliphatic heterocycles. The summed E-state index contributed by atoms with van der Waals surface area (Å²) in [5.41, 5.74) is 0. The third-order valence-electron chi connectivity index (χ3n) is 5.00. The van der Waals surface area contributed by atoms with Crippen molar-refractivity contribution in [3.05, 3.63) is 0 Å². The fraction of sp³-hybridized carbons (Fsp3) is 1.00. The van der Waals surface area contributed by atoms with E-state index in [-0.39, 0.29) is 0 Å². The molecule has 2 rings (SSSR count). The standard InChI is InChI=1S/C17H34N2O/c1-3-11-19-12-6-7-16(14-19)15(2)18-10-9-17-8-4-5-13-20-17/h15-18H,3-14H2,1-2H3. The SMILES string of the molecule is CCCN1CCCC(C(C)NCCC2CCCCO2)C1. The van der Waals surface area contributed by atoms with E-state index in [1.165, 1.54) is 64.6 Å². The van der Waals surface area contributed by atoms with E-state index in [1.807, 2.05) is 0 Å². The molecule has 1 N–H and O–H groups in total. The third kappa shape index (κ3) is 5.34. The molecule has 0 aromatic carbocycles. The Kier molecular flexibility index (Phi) is 7.32. The van der Waals surface area contributed by atoms with Gasteiger partial charge in [-0.05, 0) is 77.4 Å². The Labute approximate surface area is 125 Å². The highest BCUT2D eigenvalue weighted by atomic mass is 16.5. The normalized spacial score (nSPS) is 30.3. The molecule has 2 aliphatic rings. The summed E-state index contributed by atoms with van der Waals surface area (Å²) >= 11 is 0. The lowest BCUT2D eigenvalue weighted by Gasteiger charge is -2.36. The van der Waals surface area contributed by atoms with Crippen LogP contribution >= 0.6 is 0 Å². The number of nitrogens with zero attached hydrogens (tertiary/aromatic N) is 1. The highest BCUT2D eigenvalue weighted by Gasteiger charge is 2.24. The van der Waals surface area contributed by atoms with Crippen molar-refractivity contribution in [2.24, 2.45) is 5.92 Å². The Morgan fingerprint density at radius 2 is 2.15 bits per heavy atom. The van der Waals surface area contributed by atoms with Crippen LogP contribution in [0.2, 0.25) is 0 Å². The molecule has 0 saturated carbocycles. The molecule has 0 spiro atoms. The van der Waals surface area contributed by atoms with Gasteiger partial charge in [0.15, 0.2) is 0 Å². The molecular formula is C17H34N2O. The lowest BCUT2D eigenvalue weighted by Crippen LogP contribution is -2.45. The van der Waals surface area contributed by atoms with Gasteiger partial charge in [-0.15, -0.1) is 0 Å². The van der Waals surface area contributed by atoms with Crippen LogP contribution in [-0.4, -0.2) is 49.8 Å². The molecule has 0 amide bonds. The molecule has 3 atom stereocenters. The van der Waals surface area contributed by atoms with Gasteiger partial charge in [-0.1, -0.05) is 6.92 Å². The maximum atomic E-state index is 5.81.